The normalized spacial score (nSPS) is 23.4. The Morgan fingerprint density at radius 2 is 1.57 bits per heavy atom. The Balaban J connectivity index is 1.17. The Kier molecular flexibility index (Phi) is 5.99. The largest absolute Gasteiger partial charge is 0.311 e. The first-order chi connectivity index (χ1) is 13.6. The topological polar surface area (TPSA) is 61.4 Å². The molecule has 0 amide bonds. The predicted molar refractivity (Wildman–Crippen MR) is 114 cm³/mol. The molecule has 1 aliphatic carbocycles. The second-order valence-electron chi connectivity index (χ2n) is 7.93. The molecular weight excluding hydrogens is 370 g/mol. The Hall–Kier alpha value is -1.89. The molecule has 0 unspecified atom stereocenters. The van der Waals surface area contributed by atoms with E-state index in [0.29, 0.717) is 30.2 Å². The highest BCUT2D eigenvalue weighted by atomic mass is 32.2. The predicted octanol–water partition coefficient (Wildman–Crippen LogP) is 3.04. The van der Waals surface area contributed by atoms with E-state index in [4.69, 9.17) is 0 Å². The average Bonchev–Trinajstić information content (AvgIpc) is 3.48. The van der Waals surface area contributed by atoms with E-state index in [1.165, 1.54) is 12.0 Å². The molecule has 1 saturated carbocycles. The standard InChI is InChI=1S/C22H29N3O2S/c26-28(27,24-20-9-5-2-6-10-20)16-15-25-13-11-19(12-14-25)23-22-17-21(22)18-7-3-1-4-8-18/h1-10,19,21-24H,11-17H2/t21-,22+/m0/s1. The van der Waals surface area contributed by atoms with Crippen LogP contribution in [-0.2, 0) is 10.0 Å². The van der Waals surface area contributed by atoms with Gasteiger partial charge in [0, 0.05) is 30.2 Å². The van der Waals surface area contributed by atoms with E-state index in [0.717, 1.165) is 25.9 Å². The van der Waals surface area contributed by atoms with Crippen LogP contribution in [0.4, 0.5) is 5.69 Å². The lowest BCUT2D eigenvalue weighted by Gasteiger charge is -2.32. The molecule has 2 atom stereocenters. The Morgan fingerprint density at radius 1 is 0.929 bits per heavy atom. The van der Waals surface area contributed by atoms with Crippen molar-refractivity contribution in [3.8, 4) is 0 Å². The highest BCUT2D eigenvalue weighted by Crippen LogP contribution is 2.41. The van der Waals surface area contributed by atoms with Crippen molar-refractivity contribution in [1.82, 2.24) is 10.2 Å². The summed E-state index contributed by atoms with van der Waals surface area (Å²) in [5.74, 6) is 0.798. The van der Waals surface area contributed by atoms with Crippen LogP contribution in [0.2, 0.25) is 0 Å². The third kappa shape index (κ3) is 5.34. The van der Waals surface area contributed by atoms with Crippen LogP contribution in [0, 0.1) is 0 Å². The summed E-state index contributed by atoms with van der Waals surface area (Å²) in [4.78, 5) is 2.27. The monoisotopic (exact) mass is 399 g/mol. The van der Waals surface area contributed by atoms with Gasteiger partial charge in [0.15, 0.2) is 0 Å². The van der Waals surface area contributed by atoms with Gasteiger partial charge in [-0.05, 0) is 50.0 Å². The van der Waals surface area contributed by atoms with Crippen molar-refractivity contribution in [2.45, 2.75) is 37.3 Å². The first-order valence-electron chi connectivity index (χ1n) is 10.2. The summed E-state index contributed by atoms with van der Waals surface area (Å²) in [6, 6.07) is 21.0. The van der Waals surface area contributed by atoms with Crippen LogP contribution in [0.15, 0.2) is 60.7 Å². The molecule has 2 fully saturated rings. The van der Waals surface area contributed by atoms with Crippen molar-refractivity contribution in [3.63, 3.8) is 0 Å². The molecule has 0 aromatic heterocycles. The minimum atomic E-state index is -3.30. The fourth-order valence-electron chi connectivity index (χ4n) is 4.06. The van der Waals surface area contributed by atoms with Crippen molar-refractivity contribution >= 4 is 15.7 Å². The summed E-state index contributed by atoms with van der Waals surface area (Å²) < 4.78 is 27.2. The maximum atomic E-state index is 12.3. The summed E-state index contributed by atoms with van der Waals surface area (Å²) in [7, 11) is -3.30. The van der Waals surface area contributed by atoms with Crippen molar-refractivity contribution in [2.24, 2.45) is 0 Å². The zero-order valence-corrected chi connectivity index (χ0v) is 16.9. The molecule has 4 rings (SSSR count). The molecule has 0 spiro atoms. The van der Waals surface area contributed by atoms with Gasteiger partial charge in [-0.3, -0.25) is 4.72 Å². The summed E-state index contributed by atoms with van der Waals surface area (Å²) in [6.07, 6.45) is 3.40. The van der Waals surface area contributed by atoms with Gasteiger partial charge in [-0.15, -0.1) is 0 Å². The van der Waals surface area contributed by atoms with E-state index in [1.807, 2.05) is 18.2 Å². The third-order valence-electron chi connectivity index (χ3n) is 5.78. The lowest BCUT2D eigenvalue weighted by molar-refractivity contribution is 0.206. The summed E-state index contributed by atoms with van der Waals surface area (Å²) in [5.41, 5.74) is 2.07. The quantitative estimate of drug-likeness (QED) is 0.716. The van der Waals surface area contributed by atoms with E-state index in [-0.39, 0.29) is 5.75 Å². The fraction of sp³-hybridized carbons (Fsp3) is 0.455. The van der Waals surface area contributed by atoms with Gasteiger partial charge in [0.2, 0.25) is 10.0 Å². The number of rotatable bonds is 8. The number of nitrogens with zero attached hydrogens (tertiary/aromatic N) is 1. The first-order valence-corrected chi connectivity index (χ1v) is 11.8. The molecule has 1 saturated heterocycles. The Morgan fingerprint density at radius 3 is 2.25 bits per heavy atom. The van der Waals surface area contributed by atoms with Gasteiger partial charge >= 0.3 is 0 Å². The maximum absolute atomic E-state index is 12.3. The number of hydrogen-bond donors (Lipinski definition) is 2. The van der Waals surface area contributed by atoms with Gasteiger partial charge in [-0.25, -0.2) is 8.42 Å². The number of hydrogen-bond acceptors (Lipinski definition) is 4. The molecule has 28 heavy (non-hydrogen) atoms. The number of benzene rings is 2. The summed E-state index contributed by atoms with van der Waals surface area (Å²) in [5, 5.41) is 3.81. The van der Waals surface area contributed by atoms with Crippen LogP contribution in [0.1, 0.15) is 30.7 Å². The maximum Gasteiger partial charge on any atom is 0.233 e. The Bertz CT molecular complexity index is 850. The minimum Gasteiger partial charge on any atom is -0.311 e. The summed E-state index contributed by atoms with van der Waals surface area (Å²) in [6.45, 7) is 2.51. The van der Waals surface area contributed by atoms with Crippen LogP contribution >= 0.6 is 0 Å². The third-order valence-corrected chi connectivity index (χ3v) is 7.05. The lowest BCUT2D eigenvalue weighted by Crippen LogP contribution is -2.45. The van der Waals surface area contributed by atoms with E-state index >= 15 is 0 Å². The molecule has 2 N–H and O–H groups in total. The zero-order chi connectivity index (χ0) is 19.4. The van der Waals surface area contributed by atoms with E-state index in [2.05, 4.69) is 45.3 Å². The molecule has 150 valence electrons. The second-order valence-corrected chi connectivity index (χ2v) is 9.77. The molecule has 6 heteroatoms. The van der Waals surface area contributed by atoms with Crippen LogP contribution < -0.4 is 10.0 Å². The van der Waals surface area contributed by atoms with Gasteiger partial charge in [0.1, 0.15) is 0 Å². The zero-order valence-electron chi connectivity index (χ0n) is 16.1. The van der Waals surface area contributed by atoms with Gasteiger partial charge in [0.05, 0.1) is 5.75 Å². The highest BCUT2D eigenvalue weighted by molar-refractivity contribution is 7.92. The van der Waals surface area contributed by atoms with Crippen LogP contribution in [0.3, 0.4) is 0 Å². The number of sulfonamides is 1. The fourth-order valence-corrected chi connectivity index (χ4v) is 5.16. The van der Waals surface area contributed by atoms with E-state index < -0.39 is 10.0 Å². The number of piperidine rings is 1. The number of likely N-dealkylation sites (tertiary alicyclic amines) is 1. The molecule has 0 bridgehead atoms. The number of nitrogens with one attached hydrogen (secondary N) is 2. The molecule has 0 radical (unpaired) electrons. The van der Waals surface area contributed by atoms with Gasteiger partial charge < -0.3 is 10.2 Å². The van der Waals surface area contributed by atoms with Gasteiger partial charge in [0.25, 0.3) is 0 Å². The van der Waals surface area contributed by atoms with Crippen molar-refractivity contribution in [1.29, 1.82) is 0 Å². The van der Waals surface area contributed by atoms with E-state index in [9.17, 15) is 8.42 Å². The molecule has 5 nitrogen and oxygen atoms in total. The molecule has 1 heterocycles. The Labute approximate surface area is 168 Å². The van der Waals surface area contributed by atoms with Crippen molar-refractivity contribution in [2.75, 3.05) is 30.1 Å². The molecule has 2 aromatic rings. The van der Waals surface area contributed by atoms with Crippen molar-refractivity contribution in [3.05, 3.63) is 66.2 Å². The molecule has 1 aliphatic heterocycles. The van der Waals surface area contributed by atoms with Crippen LogP contribution in [0.5, 0.6) is 0 Å². The van der Waals surface area contributed by atoms with Gasteiger partial charge in [-0.1, -0.05) is 48.5 Å². The molecule has 2 aliphatic rings. The summed E-state index contributed by atoms with van der Waals surface area (Å²) >= 11 is 0. The number of para-hydroxylation sites is 1. The van der Waals surface area contributed by atoms with Crippen molar-refractivity contribution < 1.29 is 8.42 Å². The van der Waals surface area contributed by atoms with E-state index in [1.54, 1.807) is 12.1 Å². The van der Waals surface area contributed by atoms with Gasteiger partial charge in [-0.2, -0.15) is 0 Å². The minimum absolute atomic E-state index is 0.138. The SMILES string of the molecule is O=S(=O)(CCN1CCC(N[C@@H]2C[C@H]2c2ccccc2)CC1)Nc1ccccc1. The first kappa shape index (κ1) is 19.4. The molecular formula is C22H29N3O2S. The van der Waals surface area contributed by atoms with Crippen LogP contribution in [-0.4, -0.2) is 50.8 Å². The highest BCUT2D eigenvalue weighted by Gasteiger charge is 2.39. The van der Waals surface area contributed by atoms with Crippen LogP contribution in [0.25, 0.3) is 0 Å². The smallest absolute Gasteiger partial charge is 0.233 e. The molecule has 2 aromatic carbocycles. The second kappa shape index (κ2) is 8.64. The lowest BCUT2D eigenvalue weighted by atomic mass is 10.0. The average molecular weight is 400 g/mol. The number of anilines is 1.